The van der Waals surface area contributed by atoms with Crippen molar-refractivity contribution in [2.75, 3.05) is 10.2 Å². The van der Waals surface area contributed by atoms with Crippen LogP contribution >= 0.6 is 11.3 Å². The molecule has 2 aliphatic rings. The monoisotopic (exact) mass is 550 g/mol. The van der Waals surface area contributed by atoms with Crippen LogP contribution in [-0.4, -0.2) is 28.1 Å². The summed E-state index contributed by atoms with van der Waals surface area (Å²) >= 11 is 1.52. The maximum absolute atomic E-state index is 13.6. The van der Waals surface area contributed by atoms with Crippen LogP contribution < -0.4 is 25.6 Å². The Kier molecular flexibility index (Phi) is 6.73. The molecular formula is C31H30N6O2S. The first-order valence-electron chi connectivity index (χ1n) is 13.2. The summed E-state index contributed by atoms with van der Waals surface area (Å²) in [5.41, 5.74) is 4.65. The number of thiophene rings is 1. The van der Waals surface area contributed by atoms with Gasteiger partial charge in [-0.2, -0.15) is 0 Å². The molecule has 0 spiro atoms. The summed E-state index contributed by atoms with van der Waals surface area (Å²) in [5, 5.41) is 11.0. The van der Waals surface area contributed by atoms with Gasteiger partial charge in [0.1, 0.15) is 10.6 Å². The summed E-state index contributed by atoms with van der Waals surface area (Å²) in [6, 6.07) is 13.5. The molecule has 3 aromatic heterocycles. The van der Waals surface area contributed by atoms with Crippen molar-refractivity contribution >= 4 is 50.3 Å². The van der Waals surface area contributed by atoms with Gasteiger partial charge >= 0.3 is 6.03 Å². The second kappa shape index (κ2) is 10.5. The van der Waals surface area contributed by atoms with E-state index in [0.717, 1.165) is 62.7 Å². The van der Waals surface area contributed by atoms with Crippen LogP contribution in [0.3, 0.4) is 0 Å². The first-order chi connectivity index (χ1) is 19.4. The van der Waals surface area contributed by atoms with Gasteiger partial charge in [0, 0.05) is 35.7 Å². The molecule has 0 saturated heterocycles. The van der Waals surface area contributed by atoms with Crippen LogP contribution in [0, 0.1) is 6.92 Å². The number of nitrogens with zero attached hydrogens (tertiary/aromatic N) is 3. The van der Waals surface area contributed by atoms with E-state index in [2.05, 4.69) is 45.7 Å². The molecule has 0 unspecified atom stereocenters. The number of amides is 2. The maximum atomic E-state index is 13.6. The van der Waals surface area contributed by atoms with E-state index in [4.69, 9.17) is 4.74 Å². The van der Waals surface area contributed by atoms with Gasteiger partial charge in [-0.15, -0.1) is 11.3 Å². The van der Waals surface area contributed by atoms with Gasteiger partial charge in [-0.25, -0.2) is 14.8 Å². The van der Waals surface area contributed by atoms with E-state index < -0.39 is 0 Å². The van der Waals surface area contributed by atoms with E-state index in [9.17, 15) is 4.79 Å². The number of ether oxygens (including phenoxy) is 1. The number of urea groups is 1. The van der Waals surface area contributed by atoms with E-state index in [1.807, 2.05) is 49.4 Å². The fourth-order valence-corrected chi connectivity index (χ4v) is 6.39. The topological polar surface area (TPSA) is 91.4 Å². The van der Waals surface area contributed by atoms with Crippen LogP contribution in [0.25, 0.3) is 15.9 Å². The Morgan fingerprint density at radius 1 is 1.12 bits per heavy atom. The highest BCUT2D eigenvalue weighted by molar-refractivity contribution is 7.20. The Morgan fingerprint density at radius 2 is 1.90 bits per heavy atom. The predicted octanol–water partition coefficient (Wildman–Crippen LogP) is 7.25. The van der Waals surface area contributed by atoms with Crippen LogP contribution in [0.5, 0.6) is 11.6 Å². The van der Waals surface area contributed by atoms with Gasteiger partial charge in [0.15, 0.2) is 0 Å². The second-order valence-corrected chi connectivity index (χ2v) is 11.0. The van der Waals surface area contributed by atoms with Gasteiger partial charge in [0.25, 0.3) is 0 Å². The molecule has 2 atom stereocenters. The largest absolute Gasteiger partial charge is 0.439 e. The summed E-state index contributed by atoms with van der Waals surface area (Å²) < 4.78 is 5.89. The van der Waals surface area contributed by atoms with Crippen molar-refractivity contribution in [3.05, 3.63) is 96.8 Å². The third kappa shape index (κ3) is 4.80. The lowest BCUT2D eigenvalue weighted by Crippen LogP contribution is -2.35. The lowest BCUT2D eigenvalue weighted by molar-refractivity contribution is 0.258. The normalized spacial score (nSPS) is 17.8. The van der Waals surface area contributed by atoms with Crippen molar-refractivity contribution in [3.63, 3.8) is 0 Å². The number of aromatic nitrogens is 2. The number of carbonyl (C=O) groups is 1. The summed E-state index contributed by atoms with van der Waals surface area (Å²) in [6.07, 6.45) is 8.15. The van der Waals surface area contributed by atoms with Crippen molar-refractivity contribution in [1.29, 1.82) is 0 Å². The number of allylic oxidation sites excluding steroid dienone is 1. The Morgan fingerprint density at radius 3 is 2.65 bits per heavy atom. The number of benzene rings is 1. The fraction of sp³-hybridized carbons (Fsp3) is 0.194. The highest BCUT2D eigenvalue weighted by Gasteiger charge is 2.33. The van der Waals surface area contributed by atoms with Crippen LogP contribution in [0.2, 0.25) is 0 Å². The zero-order chi connectivity index (χ0) is 27.8. The number of para-hydroxylation sites is 1. The van der Waals surface area contributed by atoms with Gasteiger partial charge in [0.05, 0.1) is 33.5 Å². The van der Waals surface area contributed by atoms with Gasteiger partial charge in [0.2, 0.25) is 5.88 Å². The summed E-state index contributed by atoms with van der Waals surface area (Å²) in [7, 11) is 0. The van der Waals surface area contributed by atoms with Crippen molar-refractivity contribution in [2.45, 2.75) is 38.3 Å². The zero-order valence-corrected chi connectivity index (χ0v) is 23.1. The molecule has 4 aromatic rings. The quantitative estimate of drug-likeness (QED) is 0.190. The highest BCUT2D eigenvalue weighted by atomic mass is 32.1. The number of anilines is 3. The molecule has 4 heterocycles. The van der Waals surface area contributed by atoms with Crippen molar-refractivity contribution in [3.8, 4) is 11.6 Å². The Hall–Kier alpha value is -4.63. The molecule has 1 saturated carbocycles. The average Bonchev–Trinajstić information content (AvgIpc) is 3.55. The Balaban J connectivity index is 1.27. The molecule has 3 N–H and O–H groups in total. The summed E-state index contributed by atoms with van der Waals surface area (Å²) in [4.78, 5) is 26.1. The molecule has 9 heteroatoms. The molecule has 2 amide bonds. The number of nitrogens with one attached hydrogen (secondary N) is 3. The van der Waals surface area contributed by atoms with Crippen LogP contribution in [0.4, 0.5) is 21.9 Å². The molecule has 0 radical (unpaired) electrons. The lowest BCUT2D eigenvalue weighted by Gasteiger charge is -2.29. The van der Waals surface area contributed by atoms with E-state index in [1.165, 1.54) is 11.3 Å². The number of hydrogen-bond acceptors (Lipinski definition) is 7. The molecular weight excluding hydrogens is 520 g/mol. The molecule has 1 fully saturated rings. The predicted molar refractivity (Wildman–Crippen MR) is 162 cm³/mol. The van der Waals surface area contributed by atoms with E-state index >= 15 is 0 Å². The van der Waals surface area contributed by atoms with Crippen LogP contribution in [-0.2, 0) is 0 Å². The standard InChI is InChI=1S/C31H30N6O2S/c1-5-19(3)34-21-11-12-22(16-21)35-20(4)29-28-27-24(13-14-32-30(27)40-29)37(31(38)36-28)25-17-33-26(15-18(25)2)39-23-9-7-6-8-10-23/h5-10,13-15,17,21-22,34-35H,1,3-4,11-12,16H2,2H3,(H,36,38)/t21-,22+/m0/s1. The van der Waals surface area contributed by atoms with E-state index in [-0.39, 0.29) is 12.1 Å². The molecule has 202 valence electrons. The summed E-state index contributed by atoms with van der Waals surface area (Å²) in [6.45, 7) is 14.0. The number of hydrogen-bond donors (Lipinski definition) is 3. The lowest BCUT2D eigenvalue weighted by atomic mass is 10.1. The molecule has 1 aromatic carbocycles. The van der Waals surface area contributed by atoms with Crippen molar-refractivity contribution in [1.82, 2.24) is 20.6 Å². The molecule has 40 heavy (non-hydrogen) atoms. The molecule has 0 bridgehead atoms. The highest BCUT2D eigenvalue weighted by Crippen LogP contribution is 2.48. The van der Waals surface area contributed by atoms with Crippen molar-refractivity contribution in [2.24, 2.45) is 0 Å². The molecule has 1 aliphatic heterocycles. The minimum atomic E-state index is -0.262. The third-order valence-electron chi connectivity index (χ3n) is 7.23. The molecule has 1 aliphatic carbocycles. The third-order valence-corrected chi connectivity index (χ3v) is 8.39. The Labute approximate surface area is 237 Å². The van der Waals surface area contributed by atoms with Gasteiger partial charge < -0.3 is 20.7 Å². The minimum absolute atomic E-state index is 0.262. The van der Waals surface area contributed by atoms with Crippen LogP contribution in [0.15, 0.2) is 86.4 Å². The van der Waals surface area contributed by atoms with Crippen LogP contribution in [0.1, 0.15) is 29.7 Å². The summed E-state index contributed by atoms with van der Waals surface area (Å²) in [5.74, 6) is 1.16. The molecule has 8 nitrogen and oxygen atoms in total. The maximum Gasteiger partial charge on any atom is 0.331 e. The SMILES string of the molecule is C=CC(=C)N[C@H]1CC[C@@H](NC(=C)c2sc3nccc4c3c2NC(=O)N4c2cnc(Oc3ccccc3)cc2C)C1. The fourth-order valence-electron chi connectivity index (χ4n) is 5.34. The molecule has 6 rings (SSSR count). The van der Waals surface area contributed by atoms with E-state index in [0.29, 0.717) is 23.4 Å². The second-order valence-electron chi connectivity index (χ2n) is 10.0. The van der Waals surface area contributed by atoms with Gasteiger partial charge in [-0.05, 0) is 56.0 Å². The van der Waals surface area contributed by atoms with Crippen molar-refractivity contribution < 1.29 is 9.53 Å². The minimum Gasteiger partial charge on any atom is -0.439 e. The zero-order valence-electron chi connectivity index (χ0n) is 22.2. The number of pyridine rings is 2. The van der Waals surface area contributed by atoms with Gasteiger partial charge in [-0.3, -0.25) is 4.90 Å². The smallest absolute Gasteiger partial charge is 0.331 e. The average molecular weight is 551 g/mol. The first kappa shape index (κ1) is 25.6. The first-order valence-corrected chi connectivity index (χ1v) is 14.0. The van der Waals surface area contributed by atoms with Gasteiger partial charge in [-0.1, -0.05) is 37.9 Å². The number of rotatable bonds is 9. The Bertz CT molecular complexity index is 1650. The number of aryl methyl sites for hydroxylation is 1. The number of carbonyl (C=O) groups excluding carboxylic acids is 1. The van der Waals surface area contributed by atoms with E-state index in [1.54, 1.807) is 23.4 Å².